The highest BCUT2D eigenvalue weighted by atomic mass is 32.2. The molecule has 31 heavy (non-hydrogen) atoms. The largest absolute Gasteiger partial charge is 0.493 e. The van der Waals surface area contributed by atoms with Gasteiger partial charge < -0.3 is 14.4 Å². The minimum atomic E-state index is -1.01. The van der Waals surface area contributed by atoms with E-state index >= 15 is 0 Å². The number of benzene rings is 3. The third-order valence-corrected chi connectivity index (χ3v) is 6.42. The van der Waals surface area contributed by atoms with Gasteiger partial charge in [-0.05, 0) is 61.2 Å². The maximum Gasteiger partial charge on any atom is 0.352 e. The molecule has 0 unspecified atom stereocenters. The number of fused-ring (bicyclic) bond motifs is 2. The number of hydrogen-bond acceptors (Lipinski definition) is 3. The number of carbonyl (C=O) groups is 1. The zero-order valence-corrected chi connectivity index (χ0v) is 18.6. The van der Waals surface area contributed by atoms with Crippen LogP contribution in [0.1, 0.15) is 28.0 Å². The van der Waals surface area contributed by atoms with E-state index in [1.165, 1.54) is 6.07 Å². The molecule has 0 bridgehead atoms. The Morgan fingerprint density at radius 3 is 2.68 bits per heavy atom. The average Bonchev–Trinajstić information content (AvgIpc) is 3.05. The molecule has 160 valence electrons. The lowest BCUT2D eigenvalue weighted by Gasteiger charge is -2.11. The van der Waals surface area contributed by atoms with E-state index in [1.807, 2.05) is 30.5 Å². The van der Waals surface area contributed by atoms with Gasteiger partial charge in [-0.15, -0.1) is 11.8 Å². The molecule has 0 aliphatic heterocycles. The smallest absolute Gasteiger partial charge is 0.352 e. The van der Waals surface area contributed by atoms with Crippen LogP contribution in [0, 0.1) is 12.7 Å². The Hall–Kier alpha value is -2.99. The molecule has 0 aliphatic carbocycles. The van der Waals surface area contributed by atoms with E-state index in [2.05, 4.69) is 12.1 Å². The van der Waals surface area contributed by atoms with Crippen LogP contribution in [0.4, 0.5) is 4.39 Å². The standard InChI is InChI=1S/C25H24FNO3S/c1-15-21(26)11-10-20-19(24(25(28)29)27(2)23(15)20)9-6-12-30-22-14-17(31-3)13-16-7-4-5-8-18(16)22/h4-5,7-8,10-11,13-14H,6,9,12H2,1-3H3,(H,28,29). The van der Waals surface area contributed by atoms with Crippen LogP contribution >= 0.6 is 11.8 Å². The van der Waals surface area contributed by atoms with Crippen molar-refractivity contribution in [3.8, 4) is 5.75 Å². The second kappa shape index (κ2) is 8.63. The quantitative estimate of drug-likeness (QED) is 0.276. The highest BCUT2D eigenvalue weighted by molar-refractivity contribution is 7.98. The van der Waals surface area contributed by atoms with Crippen molar-refractivity contribution in [2.45, 2.75) is 24.7 Å². The lowest BCUT2D eigenvalue weighted by atomic mass is 10.0. The van der Waals surface area contributed by atoms with E-state index in [9.17, 15) is 14.3 Å². The van der Waals surface area contributed by atoms with Gasteiger partial charge >= 0.3 is 5.97 Å². The number of ether oxygens (including phenoxy) is 1. The molecular formula is C25H24FNO3S. The highest BCUT2D eigenvalue weighted by Gasteiger charge is 2.22. The normalized spacial score (nSPS) is 11.4. The number of aryl methyl sites for hydroxylation is 3. The fraction of sp³-hybridized carbons (Fsp3) is 0.240. The minimum absolute atomic E-state index is 0.207. The van der Waals surface area contributed by atoms with Gasteiger partial charge in [-0.25, -0.2) is 9.18 Å². The number of carboxylic acid groups (broad SMARTS) is 1. The molecule has 0 spiro atoms. The van der Waals surface area contributed by atoms with Gasteiger partial charge in [0.05, 0.1) is 12.1 Å². The van der Waals surface area contributed by atoms with Crippen LogP contribution in [-0.2, 0) is 13.5 Å². The predicted molar refractivity (Wildman–Crippen MR) is 124 cm³/mol. The van der Waals surface area contributed by atoms with Crippen molar-refractivity contribution < 1.29 is 19.0 Å². The Morgan fingerprint density at radius 2 is 1.94 bits per heavy atom. The molecule has 0 aliphatic rings. The fourth-order valence-electron chi connectivity index (χ4n) is 4.24. The summed E-state index contributed by atoms with van der Waals surface area (Å²) in [5, 5.41) is 12.7. The number of aromatic nitrogens is 1. The Labute approximate surface area is 184 Å². The summed E-state index contributed by atoms with van der Waals surface area (Å²) >= 11 is 1.67. The lowest BCUT2D eigenvalue weighted by Crippen LogP contribution is -2.08. The molecule has 4 aromatic rings. The van der Waals surface area contributed by atoms with Crippen LogP contribution in [0.2, 0.25) is 0 Å². The zero-order chi connectivity index (χ0) is 22.1. The van der Waals surface area contributed by atoms with Crippen molar-refractivity contribution >= 4 is 39.4 Å². The summed E-state index contributed by atoms with van der Waals surface area (Å²) in [7, 11) is 1.68. The topological polar surface area (TPSA) is 51.5 Å². The molecule has 1 N–H and O–H groups in total. The van der Waals surface area contributed by atoms with Crippen LogP contribution < -0.4 is 4.74 Å². The number of rotatable bonds is 7. The molecule has 1 aromatic heterocycles. The van der Waals surface area contributed by atoms with Gasteiger partial charge in [0.25, 0.3) is 0 Å². The Morgan fingerprint density at radius 1 is 1.16 bits per heavy atom. The Kier molecular flexibility index (Phi) is 5.92. The van der Waals surface area contributed by atoms with Gasteiger partial charge in [-0.2, -0.15) is 0 Å². The average molecular weight is 438 g/mol. The summed E-state index contributed by atoms with van der Waals surface area (Å²) in [6.07, 6.45) is 3.21. The summed E-state index contributed by atoms with van der Waals surface area (Å²) in [5.41, 5.74) is 2.02. The van der Waals surface area contributed by atoms with Crippen molar-refractivity contribution in [3.05, 3.63) is 71.2 Å². The first-order chi connectivity index (χ1) is 14.9. The van der Waals surface area contributed by atoms with Crippen LogP contribution in [0.5, 0.6) is 5.75 Å². The lowest BCUT2D eigenvalue weighted by molar-refractivity contribution is 0.0685. The van der Waals surface area contributed by atoms with Crippen molar-refractivity contribution in [1.29, 1.82) is 0 Å². The van der Waals surface area contributed by atoms with Crippen molar-refractivity contribution in [2.24, 2.45) is 7.05 Å². The van der Waals surface area contributed by atoms with Gasteiger partial charge in [-0.3, -0.25) is 0 Å². The maximum absolute atomic E-state index is 14.1. The van der Waals surface area contributed by atoms with Gasteiger partial charge in [0.2, 0.25) is 0 Å². The third-order valence-electron chi connectivity index (χ3n) is 5.71. The number of halogens is 1. The molecule has 4 rings (SSSR count). The van der Waals surface area contributed by atoms with Crippen molar-refractivity contribution in [1.82, 2.24) is 4.57 Å². The molecular weight excluding hydrogens is 413 g/mol. The van der Waals surface area contributed by atoms with E-state index in [0.29, 0.717) is 30.5 Å². The van der Waals surface area contributed by atoms with E-state index in [1.54, 1.807) is 36.4 Å². The van der Waals surface area contributed by atoms with Crippen molar-refractivity contribution in [3.63, 3.8) is 0 Å². The van der Waals surface area contributed by atoms with Gasteiger partial charge in [0.15, 0.2) is 0 Å². The molecule has 0 fully saturated rings. The zero-order valence-electron chi connectivity index (χ0n) is 17.7. The number of thioether (sulfide) groups is 1. The van der Waals surface area contributed by atoms with Crippen LogP contribution in [0.25, 0.3) is 21.7 Å². The first kappa shape index (κ1) is 21.2. The van der Waals surface area contributed by atoms with E-state index in [4.69, 9.17) is 4.74 Å². The minimum Gasteiger partial charge on any atom is -0.493 e. The monoisotopic (exact) mass is 437 g/mol. The van der Waals surface area contributed by atoms with Crippen LogP contribution in [0.15, 0.2) is 53.4 Å². The Balaban J connectivity index is 1.59. The van der Waals surface area contributed by atoms with Gasteiger partial charge in [-0.1, -0.05) is 24.3 Å². The molecule has 6 heteroatoms. The highest BCUT2D eigenvalue weighted by Crippen LogP contribution is 2.33. The van der Waals surface area contributed by atoms with E-state index in [-0.39, 0.29) is 11.5 Å². The number of carboxylic acids is 1. The van der Waals surface area contributed by atoms with Crippen molar-refractivity contribution in [2.75, 3.05) is 12.9 Å². The number of nitrogens with zero attached hydrogens (tertiary/aromatic N) is 1. The summed E-state index contributed by atoms with van der Waals surface area (Å²) in [6, 6.07) is 15.4. The second-order valence-corrected chi connectivity index (χ2v) is 8.44. The van der Waals surface area contributed by atoms with Gasteiger partial charge in [0, 0.05) is 28.3 Å². The van der Waals surface area contributed by atoms with Crippen LogP contribution in [0.3, 0.4) is 0 Å². The van der Waals surface area contributed by atoms with Gasteiger partial charge in [0.1, 0.15) is 17.3 Å². The number of aromatic carboxylic acids is 1. The molecule has 0 atom stereocenters. The molecule has 0 radical (unpaired) electrons. The molecule has 3 aromatic carbocycles. The van der Waals surface area contributed by atoms with Crippen LogP contribution in [-0.4, -0.2) is 28.5 Å². The summed E-state index contributed by atoms with van der Waals surface area (Å²) < 4.78 is 21.8. The number of hydrogen-bond donors (Lipinski definition) is 1. The molecule has 1 heterocycles. The Bertz CT molecular complexity index is 1300. The summed E-state index contributed by atoms with van der Waals surface area (Å²) in [6.45, 7) is 2.14. The maximum atomic E-state index is 14.1. The SMILES string of the molecule is CSc1cc(OCCCc2c(C(=O)O)n(C)c3c(C)c(F)ccc23)c2ccccc2c1. The molecule has 0 saturated heterocycles. The predicted octanol–water partition coefficient (Wildman–Crippen LogP) is 6.21. The summed E-state index contributed by atoms with van der Waals surface area (Å²) in [4.78, 5) is 13.1. The molecule has 0 amide bonds. The first-order valence-electron chi connectivity index (χ1n) is 10.1. The third kappa shape index (κ3) is 3.88. The second-order valence-electron chi connectivity index (χ2n) is 7.56. The van der Waals surface area contributed by atoms with E-state index in [0.717, 1.165) is 32.4 Å². The fourth-order valence-corrected chi connectivity index (χ4v) is 4.71. The molecule has 0 saturated carbocycles. The summed E-state index contributed by atoms with van der Waals surface area (Å²) in [5.74, 6) is -0.509. The molecule has 4 nitrogen and oxygen atoms in total. The van der Waals surface area contributed by atoms with E-state index < -0.39 is 5.97 Å². The first-order valence-corrected chi connectivity index (χ1v) is 11.3.